The molecular weight excluding hydrogens is 485 g/mol. The van der Waals surface area contributed by atoms with Crippen LogP contribution in [0, 0.1) is 0 Å². The number of carbonyl (C=O) groups excluding carboxylic acids is 1. The molecular formula is C26H21Cl2N5O2. The Morgan fingerprint density at radius 2 is 1.71 bits per heavy atom. The zero-order valence-electron chi connectivity index (χ0n) is 18.8. The number of nitrogens with zero attached hydrogens (tertiary/aromatic N) is 3. The predicted octanol–water partition coefficient (Wildman–Crippen LogP) is 5.44. The highest BCUT2D eigenvalue weighted by Crippen LogP contribution is 2.33. The molecule has 0 spiro atoms. The number of halogens is 2. The minimum atomic E-state index is -0.342. The third-order valence-corrected chi connectivity index (χ3v) is 6.50. The molecule has 0 aliphatic rings. The van der Waals surface area contributed by atoms with Crippen molar-refractivity contribution in [2.75, 3.05) is 19.4 Å². The molecule has 3 N–H and O–H groups in total. The van der Waals surface area contributed by atoms with Gasteiger partial charge in [-0.05, 0) is 48.4 Å². The number of methoxy groups -OCH3 is 1. The van der Waals surface area contributed by atoms with Gasteiger partial charge in [0.2, 0.25) is 0 Å². The summed E-state index contributed by atoms with van der Waals surface area (Å²) in [5, 5.41) is 3.74. The number of para-hydroxylation sites is 3. The first-order chi connectivity index (χ1) is 17.0. The average Bonchev–Trinajstić information content (AvgIpc) is 3.15. The van der Waals surface area contributed by atoms with Crippen LogP contribution in [0.15, 0.2) is 66.7 Å². The number of nitrogen functional groups attached to an aromatic ring is 1. The van der Waals surface area contributed by atoms with Crippen LogP contribution in [-0.2, 0) is 6.42 Å². The van der Waals surface area contributed by atoms with Crippen LogP contribution in [0.3, 0.4) is 0 Å². The van der Waals surface area contributed by atoms with Gasteiger partial charge in [0.15, 0.2) is 5.65 Å². The summed E-state index contributed by atoms with van der Waals surface area (Å²) in [6, 6.07) is 20.3. The van der Waals surface area contributed by atoms with Crippen molar-refractivity contribution in [3.8, 4) is 11.4 Å². The van der Waals surface area contributed by atoms with Crippen molar-refractivity contribution >= 4 is 57.1 Å². The summed E-state index contributed by atoms with van der Waals surface area (Å²) in [5.41, 5.74) is 10.6. The Hall–Kier alpha value is -3.81. The van der Waals surface area contributed by atoms with Crippen molar-refractivity contribution in [1.29, 1.82) is 0 Å². The van der Waals surface area contributed by atoms with Gasteiger partial charge in [0.1, 0.15) is 22.6 Å². The van der Waals surface area contributed by atoms with Gasteiger partial charge in [-0.1, -0.05) is 53.5 Å². The smallest absolute Gasteiger partial charge is 0.257 e. The van der Waals surface area contributed by atoms with E-state index in [0.717, 1.165) is 11.3 Å². The van der Waals surface area contributed by atoms with E-state index in [1.165, 1.54) is 0 Å². The summed E-state index contributed by atoms with van der Waals surface area (Å²) in [6.45, 7) is 0.388. The first-order valence-electron chi connectivity index (χ1n) is 10.9. The highest BCUT2D eigenvalue weighted by Gasteiger charge is 2.25. The maximum Gasteiger partial charge on any atom is 0.257 e. The number of nitrogens with one attached hydrogen (secondary N) is 1. The zero-order valence-corrected chi connectivity index (χ0v) is 20.3. The molecule has 0 bridgehead atoms. The molecule has 176 valence electrons. The number of rotatable bonds is 6. The molecule has 0 atom stereocenters. The summed E-state index contributed by atoms with van der Waals surface area (Å²) >= 11 is 12.4. The lowest BCUT2D eigenvalue weighted by Gasteiger charge is -2.10. The second-order valence-corrected chi connectivity index (χ2v) is 8.71. The standard InChI is InChI=1S/C26H21Cl2N5O2/c1-35-21-9-5-2-6-15(21)12-13-30-26(34)22-23-25(32-20-8-4-3-7-19(20)31-23)33(24(22)29)16-10-11-17(27)18(28)14-16/h2-11,14H,12-13,29H2,1H3,(H,30,34). The van der Waals surface area contributed by atoms with Crippen LogP contribution in [0.4, 0.5) is 5.82 Å². The van der Waals surface area contributed by atoms with Gasteiger partial charge in [0.05, 0.1) is 33.9 Å². The molecule has 0 aliphatic carbocycles. The number of ether oxygens (including phenoxy) is 1. The van der Waals surface area contributed by atoms with Gasteiger partial charge in [-0.3, -0.25) is 9.36 Å². The molecule has 9 heteroatoms. The van der Waals surface area contributed by atoms with E-state index in [1.807, 2.05) is 48.5 Å². The van der Waals surface area contributed by atoms with Crippen molar-refractivity contribution in [1.82, 2.24) is 19.9 Å². The minimum Gasteiger partial charge on any atom is -0.496 e. The molecule has 0 saturated heterocycles. The Kier molecular flexibility index (Phi) is 6.19. The van der Waals surface area contributed by atoms with Crippen LogP contribution < -0.4 is 15.8 Å². The average molecular weight is 506 g/mol. The van der Waals surface area contributed by atoms with Crippen LogP contribution >= 0.6 is 23.2 Å². The topological polar surface area (TPSA) is 95.1 Å². The molecule has 2 aromatic heterocycles. The second kappa shape index (κ2) is 9.44. The van der Waals surface area contributed by atoms with Gasteiger partial charge in [-0.25, -0.2) is 9.97 Å². The van der Waals surface area contributed by atoms with Crippen molar-refractivity contribution in [3.63, 3.8) is 0 Å². The molecule has 35 heavy (non-hydrogen) atoms. The van der Waals surface area contributed by atoms with E-state index in [0.29, 0.717) is 50.9 Å². The Bertz CT molecular complexity index is 1580. The first-order valence-corrected chi connectivity index (χ1v) is 11.7. The molecule has 0 radical (unpaired) electrons. The summed E-state index contributed by atoms with van der Waals surface area (Å²) in [6.07, 6.45) is 0.593. The number of carbonyl (C=O) groups is 1. The number of nitrogens with two attached hydrogens (primary N) is 1. The fourth-order valence-corrected chi connectivity index (χ4v) is 4.37. The number of aromatic nitrogens is 3. The van der Waals surface area contributed by atoms with Crippen LogP contribution in [0.2, 0.25) is 10.0 Å². The number of anilines is 1. The lowest BCUT2D eigenvalue weighted by atomic mass is 10.1. The van der Waals surface area contributed by atoms with Crippen LogP contribution in [0.1, 0.15) is 15.9 Å². The normalized spacial score (nSPS) is 11.2. The fraction of sp³-hybridized carbons (Fsp3) is 0.115. The number of amides is 1. The fourth-order valence-electron chi connectivity index (χ4n) is 4.08. The Morgan fingerprint density at radius 1 is 1.00 bits per heavy atom. The monoisotopic (exact) mass is 505 g/mol. The molecule has 5 aromatic rings. The maximum absolute atomic E-state index is 13.4. The van der Waals surface area contributed by atoms with E-state index in [1.54, 1.807) is 29.9 Å². The van der Waals surface area contributed by atoms with Crippen molar-refractivity contribution in [3.05, 3.63) is 87.9 Å². The number of hydrogen-bond donors (Lipinski definition) is 2. The molecule has 0 fully saturated rings. The largest absolute Gasteiger partial charge is 0.496 e. The lowest BCUT2D eigenvalue weighted by molar-refractivity contribution is 0.0956. The van der Waals surface area contributed by atoms with Crippen molar-refractivity contribution in [2.45, 2.75) is 6.42 Å². The third kappa shape index (κ3) is 4.24. The summed E-state index contributed by atoms with van der Waals surface area (Å²) < 4.78 is 7.07. The molecule has 1 amide bonds. The van der Waals surface area contributed by atoms with Gasteiger partial charge < -0.3 is 15.8 Å². The Morgan fingerprint density at radius 3 is 2.46 bits per heavy atom. The molecule has 2 heterocycles. The summed E-state index contributed by atoms with van der Waals surface area (Å²) in [5.74, 6) is 0.643. The molecule has 0 unspecified atom stereocenters. The van der Waals surface area contributed by atoms with E-state index in [4.69, 9.17) is 43.6 Å². The van der Waals surface area contributed by atoms with Gasteiger partial charge in [-0.15, -0.1) is 0 Å². The van der Waals surface area contributed by atoms with Gasteiger partial charge >= 0.3 is 0 Å². The van der Waals surface area contributed by atoms with Crippen LogP contribution in [0.25, 0.3) is 27.9 Å². The number of benzene rings is 3. The molecule has 5 rings (SSSR count). The van der Waals surface area contributed by atoms with E-state index in [2.05, 4.69) is 5.32 Å². The zero-order chi connectivity index (χ0) is 24.5. The van der Waals surface area contributed by atoms with Gasteiger partial charge in [0.25, 0.3) is 5.91 Å². The third-order valence-electron chi connectivity index (χ3n) is 5.76. The van der Waals surface area contributed by atoms with Gasteiger partial charge in [-0.2, -0.15) is 0 Å². The maximum atomic E-state index is 13.4. The van der Waals surface area contributed by atoms with Gasteiger partial charge in [0, 0.05) is 6.54 Å². The minimum absolute atomic E-state index is 0.212. The number of fused-ring (bicyclic) bond motifs is 2. The number of hydrogen-bond acceptors (Lipinski definition) is 5. The van der Waals surface area contributed by atoms with Crippen molar-refractivity contribution < 1.29 is 9.53 Å². The van der Waals surface area contributed by atoms with Crippen LogP contribution in [0.5, 0.6) is 5.75 Å². The van der Waals surface area contributed by atoms with E-state index in [-0.39, 0.29) is 17.3 Å². The summed E-state index contributed by atoms with van der Waals surface area (Å²) in [7, 11) is 1.62. The SMILES string of the molecule is COc1ccccc1CCNC(=O)c1c(N)n(-c2ccc(Cl)c(Cl)c2)c2nc3ccccc3nc12. The molecule has 3 aromatic carbocycles. The lowest BCUT2D eigenvalue weighted by Crippen LogP contribution is -2.26. The van der Waals surface area contributed by atoms with E-state index in [9.17, 15) is 4.79 Å². The predicted molar refractivity (Wildman–Crippen MR) is 140 cm³/mol. The quantitative estimate of drug-likeness (QED) is 0.320. The first kappa shape index (κ1) is 23.0. The highest BCUT2D eigenvalue weighted by molar-refractivity contribution is 6.42. The Balaban J connectivity index is 1.57. The van der Waals surface area contributed by atoms with Crippen LogP contribution in [-0.4, -0.2) is 34.1 Å². The molecule has 0 saturated carbocycles. The molecule has 7 nitrogen and oxygen atoms in total. The van der Waals surface area contributed by atoms with E-state index >= 15 is 0 Å². The second-order valence-electron chi connectivity index (χ2n) is 7.90. The Labute approximate surface area is 211 Å². The molecule has 0 aliphatic heterocycles. The van der Waals surface area contributed by atoms with E-state index < -0.39 is 0 Å². The summed E-state index contributed by atoms with van der Waals surface area (Å²) in [4.78, 5) is 22.9. The van der Waals surface area contributed by atoms with Crippen molar-refractivity contribution in [2.24, 2.45) is 0 Å². The highest BCUT2D eigenvalue weighted by atomic mass is 35.5.